The molecular formula is C27H30N2O7. The zero-order chi connectivity index (χ0) is 25.7. The van der Waals surface area contributed by atoms with Gasteiger partial charge in [0, 0.05) is 31.2 Å². The van der Waals surface area contributed by atoms with E-state index in [2.05, 4.69) is 5.32 Å². The van der Waals surface area contributed by atoms with Crippen molar-refractivity contribution in [3.8, 4) is 5.75 Å². The summed E-state index contributed by atoms with van der Waals surface area (Å²) in [5, 5.41) is 12.3. The lowest BCUT2D eigenvalue weighted by Gasteiger charge is -2.44. The number of alkyl carbamates (subject to hydrolysis) is 1. The Balaban J connectivity index is 1.56. The molecule has 1 saturated carbocycles. The number of methoxy groups -OCH3 is 1. The van der Waals surface area contributed by atoms with E-state index in [0.29, 0.717) is 25.7 Å². The zero-order valence-electron chi connectivity index (χ0n) is 20.1. The van der Waals surface area contributed by atoms with Crippen molar-refractivity contribution in [1.82, 2.24) is 10.2 Å². The fraction of sp³-hybridized carbons (Fsp3) is 0.407. The second-order valence-corrected chi connectivity index (χ2v) is 9.34. The highest BCUT2D eigenvalue weighted by molar-refractivity contribution is 5.93. The minimum atomic E-state index is -0.951. The molecule has 2 aromatic carbocycles. The molecule has 4 rings (SSSR count). The minimum absolute atomic E-state index is 0.0581. The second kappa shape index (κ2) is 10.8. The number of hydrogen-bond donors (Lipinski definition) is 2. The Morgan fingerprint density at radius 3 is 2.36 bits per heavy atom. The van der Waals surface area contributed by atoms with Gasteiger partial charge in [-0.2, -0.15) is 0 Å². The number of ether oxygens (including phenoxy) is 2. The summed E-state index contributed by atoms with van der Waals surface area (Å²) in [4.78, 5) is 52.8. The van der Waals surface area contributed by atoms with Crippen molar-refractivity contribution in [1.29, 1.82) is 0 Å². The molecule has 1 spiro atoms. The third kappa shape index (κ3) is 5.50. The highest BCUT2D eigenvalue weighted by Crippen LogP contribution is 2.43. The van der Waals surface area contributed by atoms with E-state index in [9.17, 15) is 24.3 Å². The van der Waals surface area contributed by atoms with Crippen LogP contribution in [-0.2, 0) is 36.9 Å². The first-order chi connectivity index (χ1) is 17.3. The molecule has 1 saturated heterocycles. The molecule has 2 aliphatic rings. The predicted octanol–water partition coefficient (Wildman–Crippen LogP) is 2.89. The maximum Gasteiger partial charge on any atom is 0.408 e. The molecule has 0 unspecified atom stereocenters. The second-order valence-electron chi connectivity index (χ2n) is 9.34. The Morgan fingerprint density at radius 2 is 1.72 bits per heavy atom. The van der Waals surface area contributed by atoms with Crippen LogP contribution in [0.5, 0.6) is 5.75 Å². The number of likely N-dealkylation sites (tertiary alicyclic amines) is 1. The molecule has 0 bridgehead atoms. The number of carbonyl (C=O) groups is 4. The molecule has 1 aliphatic heterocycles. The van der Waals surface area contributed by atoms with Crippen molar-refractivity contribution in [3.63, 3.8) is 0 Å². The lowest BCUT2D eigenvalue weighted by Crippen LogP contribution is -2.57. The van der Waals surface area contributed by atoms with E-state index in [-0.39, 0.29) is 31.0 Å². The van der Waals surface area contributed by atoms with Gasteiger partial charge < -0.3 is 24.8 Å². The maximum absolute atomic E-state index is 13.7. The van der Waals surface area contributed by atoms with Crippen LogP contribution in [0.15, 0.2) is 54.6 Å². The standard InChI is InChI=1S/C27H30N2O7/c1-35-25(33)23(15-18-7-9-20(30)10-8-18)29-24(32)22(16-27(29)13-11-21(31)12-14-27)28-26(34)36-17-19-5-3-2-4-6-19/h2-10,22-23,30H,11-17H2,1H3,(H,28,34)/t22-,23-/m0/s1. The van der Waals surface area contributed by atoms with Crippen molar-refractivity contribution in [2.45, 2.75) is 62.8 Å². The van der Waals surface area contributed by atoms with Gasteiger partial charge in [0.05, 0.1) is 7.11 Å². The number of benzene rings is 2. The molecule has 1 heterocycles. The summed E-state index contributed by atoms with van der Waals surface area (Å²) in [5.74, 6) is -0.791. The number of Topliss-reactive ketones (excluding diaryl/α,β-unsaturated/α-hetero) is 1. The van der Waals surface area contributed by atoms with Crippen molar-refractivity contribution in [2.75, 3.05) is 7.11 Å². The van der Waals surface area contributed by atoms with Crippen LogP contribution in [0.2, 0.25) is 0 Å². The Bertz CT molecular complexity index is 1110. The van der Waals surface area contributed by atoms with E-state index in [1.165, 1.54) is 24.1 Å². The highest BCUT2D eigenvalue weighted by Gasteiger charge is 2.56. The van der Waals surface area contributed by atoms with E-state index in [0.717, 1.165) is 11.1 Å². The van der Waals surface area contributed by atoms with Crippen LogP contribution < -0.4 is 5.32 Å². The number of nitrogens with one attached hydrogen (secondary N) is 1. The summed E-state index contributed by atoms with van der Waals surface area (Å²) in [6.45, 7) is 0.0581. The smallest absolute Gasteiger partial charge is 0.408 e. The number of nitrogens with zero attached hydrogens (tertiary/aromatic N) is 1. The van der Waals surface area contributed by atoms with Gasteiger partial charge in [0.25, 0.3) is 0 Å². The van der Waals surface area contributed by atoms with Gasteiger partial charge in [-0.3, -0.25) is 9.59 Å². The molecule has 0 aromatic heterocycles. The lowest BCUT2D eigenvalue weighted by atomic mass is 9.78. The monoisotopic (exact) mass is 494 g/mol. The molecule has 2 amide bonds. The number of esters is 1. The van der Waals surface area contributed by atoms with Gasteiger partial charge in [-0.15, -0.1) is 0 Å². The number of aromatic hydroxyl groups is 1. The van der Waals surface area contributed by atoms with Crippen LogP contribution >= 0.6 is 0 Å². The first kappa shape index (κ1) is 25.2. The fourth-order valence-electron chi connectivity index (χ4n) is 5.18. The number of hydrogen-bond acceptors (Lipinski definition) is 7. The average Bonchev–Trinajstić information content (AvgIpc) is 3.14. The quantitative estimate of drug-likeness (QED) is 0.568. The molecule has 2 fully saturated rings. The summed E-state index contributed by atoms with van der Waals surface area (Å²) in [6.07, 6.45) is 1.09. The molecule has 190 valence electrons. The van der Waals surface area contributed by atoms with E-state index in [1.54, 1.807) is 12.1 Å². The normalized spacial score (nSPS) is 19.7. The lowest BCUT2D eigenvalue weighted by molar-refractivity contribution is -0.156. The van der Waals surface area contributed by atoms with Gasteiger partial charge >= 0.3 is 12.1 Å². The van der Waals surface area contributed by atoms with E-state index in [1.807, 2.05) is 30.3 Å². The van der Waals surface area contributed by atoms with Crippen molar-refractivity contribution in [3.05, 3.63) is 65.7 Å². The van der Waals surface area contributed by atoms with Crippen LogP contribution in [0.3, 0.4) is 0 Å². The zero-order valence-corrected chi connectivity index (χ0v) is 20.1. The van der Waals surface area contributed by atoms with Crippen molar-refractivity contribution < 1.29 is 33.8 Å². The highest BCUT2D eigenvalue weighted by atomic mass is 16.5. The molecule has 2 aromatic rings. The number of amides is 2. The largest absolute Gasteiger partial charge is 0.508 e. The number of rotatable bonds is 7. The minimum Gasteiger partial charge on any atom is -0.508 e. The fourth-order valence-corrected chi connectivity index (χ4v) is 5.18. The van der Waals surface area contributed by atoms with Crippen molar-refractivity contribution >= 4 is 23.8 Å². The average molecular weight is 495 g/mol. The number of carbonyl (C=O) groups excluding carboxylic acids is 4. The summed E-state index contributed by atoms with van der Waals surface area (Å²) >= 11 is 0. The van der Waals surface area contributed by atoms with Gasteiger partial charge in [-0.1, -0.05) is 42.5 Å². The molecule has 9 nitrogen and oxygen atoms in total. The third-order valence-corrected chi connectivity index (χ3v) is 7.02. The van der Waals surface area contributed by atoms with Gasteiger partial charge in [-0.05, 0) is 36.1 Å². The number of phenolic OH excluding ortho intramolecular Hbond substituents is 1. The van der Waals surface area contributed by atoms with Gasteiger partial charge in [0.15, 0.2) is 0 Å². The van der Waals surface area contributed by atoms with Gasteiger partial charge in [0.1, 0.15) is 30.2 Å². The third-order valence-electron chi connectivity index (χ3n) is 7.02. The van der Waals surface area contributed by atoms with E-state index >= 15 is 0 Å². The van der Waals surface area contributed by atoms with Gasteiger partial charge in [-0.25, -0.2) is 9.59 Å². The summed E-state index contributed by atoms with van der Waals surface area (Å²) in [7, 11) is 1.26. The summed E-state index contributed by atoms with van der Waals surface area (Å²) in [5.41, 5.74) is 0.781. The first-order valence-corrected chi connectivity index (χ1v) is 12.0. The Morgan fingerprint density at radius 1 is 1.06 bits per heavy atom. The molecule has 2 N–H and O–H groups in total. The van der Waals surface area contributed by atoms with Crippen LogP contribution in [0.1, 0.15) is 43.2 Å². The number of phenols is 1. The Labute approximate surface area is 209 Å². The van der Waals surface area contributed by atoms with Crippen LogP contribution in [-0.4, -0.2) is 58.5 Å². The SMILES string of the molecule is COC(=O)[C@H](Cc1ccc(O)cc1)N1C(=O)[C@@H](NC(=O)OCc2ccccc2)CC12CCC(=O)CC2. The first-order valence-electron chi connectivity index (χ1n) is 12.0. The molecule has 9 heteroatoms. The Kier molecular flexibility index (Phi) is 7.57. The topological polar surface area (TPSA) is 122 Å². The molecule has 2 atom stereocenters. The summed E-state index contributed by atoms with van der Waals surface area (Å²) in [6, 6.07) is 13.7. The van der Waals surface area contributed by atoms with Gasteiger partial charge in [0.2, 0.25) is 5.91 Å². The Hall–Kier alpha value is -3.88. The van der Waals surface area contributed by atoms with Crippen LogP contribution in [0, 0.1) is 0 Å². The predicted molar refractivity (Wildman–Crippen MR) is 129 cm³/mol. The van der Waals surface area contributed by atoms with Crippen LogP contribution in [0.25, 0.3) is 0 Å². The molecule has 1 aliphatic carbocycles. The summed E-state index contributed by atoms with van der Waals surface area (Å²) < 4.78 is 10.4. The number of ketones is 1. The van der Waals surface area contributed by atoms with Crippen molar-refractivity contribution in [2.24, 2.45) is 0 Å². The van der Waals surface area contributed by atoms with Crippen LogP contribution in [0.4, 0.5) is 4.79 Å². The maximum atomic E-state index is 13.7. The molecular weight excluding hydrogens is 464 g/mol. The molecule has 0 radical (unpaired) electrons. The van der Waals surface area contributed by atoms with E-state index in [4.69, 9.17) is 9.47 Å². The van der Waals surface area contributed by atoms with E-state index < -0.39 is 35.6 Å². The molecule has 36 heavy (non-hydrogen) atoms.